The fourth-order valence-corrected chi connectivity index (χ4v) is 1.86. The van der Waals surface area contributed by atoms with Crippen LogP contribution in [0.1, 0.15) is 12.5 Å². The van der Waals surface area contributed by atoms with Gasteiger partial charge in [-0.25, -0.2) is 0 Å². The zero-order valence-corrected chi connectivity index (χ0v) is 13.2. The van der Waals surface area contributed by atoms with Gasteiger partial charge in [-0.05, 0) is 17.7 Å². The van der Waals surface area contributed by atoms with Crippen LogP contribution in [0.5, 0.6) is 5.75 Å². The minimum absolute atomic E-state index is 0.0883. The first-order valence-corrected chi connectivity index (χ1v) is 7.15. The largest absolute Gasteiger partial charge is 0.508 e. The van der Waals surface area contributed by atoms with Gasteiger partial charge in [0, 0.05) is 13.3 Å². The fraction of sp³-hybridized carbons (Fsp3) is 0.333. The summed E-state index contributed by atoms with van der Waals surface area (Å²) < 4.78 is 0. The Bertz CT molecular complexity index is 615. The van der Waals surface area contributed by atoms with Crippen LogP contribution in [0.4, 0.5) is 0 Å². The first-order valence-electron chi connectivity index (χ1n) is 7.15. The van der Waals surface area contributed by atoms with Gasteiger partial charge in [-0.1, -0.05) is 12.1 Å². The second kappa shape index (κ2) is 9.13. The molecule has 0 spiro atoms. The van der Waals surface area contributed by atoms with E-state index in [9.17, 15) is 24.3 Å². The van der Waals surface area contributed by atoms with Gasteiger partial charge in [0.15, 0.2) is 0 Å². The minimum Gasteiger partial charge on any atom is -0.508 e. The number of rotatable bonds is 8. The molecule has 0 saturated carbocycles. The molecule has 1 atom stereocenters. The maximum absolute atomic E-state index is 12.1. The first kappa shape index (κ1) is 18.9. The number of nitrogens with one attached hydrogen (secondary N) is 3. The third kappa shape index (κ3) is 7.25. The summed E-state index contributed by atoms with van der Waals surface area (Å²) in [5.41, 5.74) is 5.61. The number of nitrogens with two attached hydrogens (primary N) is 1. The Balaban J connectivity index is 2.61. The molecule has 0 heterocycles. The van der Waals surface area contributed by atoms with E-state index < -0.39 is 29.7 Å². The predicted molar refractivity (Wildman–Crippen MR) is 84.6 cm³/mol. The molecular weight excluding hydrogens is 316 g/mol. The van der Waals surface area contributed by atoms with Gasteiger partial charge in [-0.3, -0.25) is 19.2 Å². The van der Waals surface area contributed by atoms with Gasteiger partial charge in [0.05, 0.1) is 13.1 Å². The van der Waals surface area contributed by atoms with Crippen molar-refractivity contribution in [3.63, 3.8) is 0 Å². The fourth-order valence-electron chi connectivity index (χ4n) is 1.86. The maximum Gasteiger partial charge on any atom is 0.243 e. The van der Waals surface area contributed by atoms with Crippen LogP contribution in [-0.2, 0) is 25.6 Å². The van der Waals surface area contributed by atoms with Gasteiger partial charge in [-0.2, -0.15) is 0 Å². The van der Waals surface area contributed by atoms with Gasteiger partial charge < -0.3 is 26.8 Å². The van der Waals surface area contributed by atoms with Crippen LogP contribution >= 0.6 is 0 Å². The Hall–Kier alpha value is -3.10. The second-order valence-corrected chi connectivity index (χ2v) is 5.08. The predicted octanol–water partition coefficient (Wildman–Crippen LogP) is -1.84. The summed E-state index contributed by atoms with van der Waals surface area (Å²) in [5, 5.41) is 16.4. The topological polar surface area (TPSA) is 151 Å². The highest BCUT2D eigenvalue weighted by molar-refractivity contribution is 5.91. The highest BCUT2D eigenvalue weighted by Gasteiger charge is 2.20. The molecule has 0 unspecified atom stereocenters. The van der Waals surface area contributed by atoms with Crippen LogP contribution in [0.3, 0.4) is 0 Å². The molecule has 0 aliphatic carbocycles. The molecule has 9 nitrogen and oxygen atoms in total. The molecule has 0 aromatic heterocycles. The van der Waals surface area contributed by atoms with Crippen LogP contribution in [0.25, 0.3) is 0 Å². The number of phenolic OH excluding ortho intramolecular Hbond substituents is 1. The molecule has 0 aliphatic heterocycles. The Morgan fingerprint density at radius 1 is 1.08 bits per heavy atom. The molecule has 0 aliphatic rings. The lowest BCUT2D eigenvalue weighted by Crippen LogP contribution is -2.50. The van der Waals surface area contributed by atoms with Crippen LogP contribution in [-0.4, -0.2) is 47.9 Å². The normalized spacial score (nSPS) is 11.2. The Kier molecular flexibility index (Phi) is 7.21. The van der Waals surface area contributed by atoms with Crippen molar-refractivity contribution in [3.8, 4) is 5.75 Å². The second-order valence-electron chi connectivity index (χ2n) is 5.08. The first-order chi connectivity index (χ1) is 11.3. The molecule has 6 N–H and O–H groups in total. The number of amides is 4. The minimum atomic E-state index is -0.879. The molecule has 0 radical (unpaired) electrons. The van der Waals surface area contributed by atoms with Gasteiger partial charge in [0.1, 0.15) is 11.8 Å². The number of phenols is 1. The van der Waals surface area contributed by atoms with E-state index in [0.717, 1.165) is 5.56 Å². The molecule has 0 saturated heterocycles. The lowest BCUT2D eigenvalue weighted by Gasteiger charge is -2.17. The number of hydrogen-bond donors (Lipinski definition) is 5. The number of aromatic hydroxyl groups is 1. The monoisotopic (exact) mass is 336 g/mol. The maximum atomic E-state index is 12.1. The van der Waals surface area contributed by atoms with Crippen molar-refractivity contribution in [2.75, 3.05) is 13.1 Å². The zero-order chi connectivity index (χ0) is 18.1. The summed E-state index contributed by atoms with van der Waals surface area (Å²) in [5.74, 6) is -2.13. The summed E-state index contributed by atoms with van der Waals surface area (Å²) in [6.45, 7) is 0.603. The van der Waals surface area contributed by atoms with Crippen molar-refractivity contribution < 1.29 is 24.3 Å². The van der Waals surface area contributed by atoms with E-state index in [-0.39, 0.29) is 25.3 Å². The number of hydrogen-bond acceptors (Lipinski definition) is 5. The van der Waals surface area contributed by atoms with Gasteiger partial charge in [0.2, 0.25) is 23.6 Å². The SMILES string of the molecule is CC(=O)N[C@@H](Cc1ccc(O)cc1)C(=O)NCC(=O)NCC(N)=O. The van der Waals surface area contributed by atoms with E-state index in [2.05, 4.69) is 16.0 Å². The van der Waals surface area contributed by atoms with E-state index in [1.807, 2.05) is 0 Å². The lowest BCUT2D eigenvalue weighted by atomic mass is 10.0. The molecule has 24 heavy (non-hydrogen) atoms. The lowest BCUT2D eigenvalue weighted by molar-refractivity contribution is -0.130. The highest BCUT2D eigenvalue weighted by atomic mass is 16.3. The third-order valence-corrected chi connectivity index (χ3v) is 2.95. The molecular formula is C15H20N4O5. The summed E-state index contributed by atoms with van der Waals surface area (Å²) in [6, 6.07) is 5.30. The number of carbonyl (C=O) groups excluding carboxylic acids is 4. The van der Waals surface area contributed by atoms with Crippen molar-refractivity contribution in [2.24, 2.45) is 5.73 Å². The summed E-state index contributed by atoms with van der Waals surface area (Å²) >= 11 is 0. The zero-order valence-electron chi connectivity index (χ0n) is 13.2. The van der Waals surface area contributed by atoms with Crippen molar-refractivity contribution in [1.29, 1.82) is 0 Å². The summed E-state index contributed by atoms with van der Waals surface area (Å²) in [4.78, 5) is 45.4. The van der Waals surface area contributed by atoms with E-state index in [1.54, 1.807) is 12.1 Å². The Morgan fingerprint density at radius 2 is 1.71 bits per heavy atom. The highest BCUT2D eigenvalue weighted by Crippen LogP contribution is 2.11. The van der Waals surface area contributed by atoms with Crippen LogP contribution in [0, 0.1) is 0 Å². The molecule has 1 aromatic carbocycles. The van der Waals surface area contributed by atoms with E-state index in [4.69, 9.17) is 5.73 Å². The average molecular weight is 336 g/mol. The smallest absolute Gasteiger partial charge is 0.243 e. The van der Waals surface area contributed by atoms with E-state index in [1.165, 1.54) is 19.1 Å². The van der Waals surface area contributed by atoms with Crippen molar-refractivity contribution >= 4 is 23.6 Å². The molecule has 9 heteroatoms. The Morgan fingerprint density at radius 3 is 2.25 bits per heavy atom. The molecule has 0 fully saturated rings. The van der Waals surface area contributed by atoms with Gasteiger partial charge in [-0.15, -0.1) is 0 Å². The number of carbonyl (C=O) groups is 4. The molecule has 130 valence electrons. The average Bonchev–Trinajstić information content (AvgIpc) is 2.51. The van der Waals surface area contributed by atoms with Crippen molar-refractivity contribution in [2.45, 2.75) is 19.4 Å². The van der Waals surface area contributed by atoms with Crippen molar-refractivity contribution in [3.05, 3.63) is 29.8 Å². The molecule has 4 amide bonds. The van der Waals surface area contributed by atoms with Gasteiger partial charge >= 0.3 is 0 Å². The summed E-state index contributed by atoms with van der Waals surface area (Å²) in [7, 11) is 0. The Labute approximate surface area is 138 Å². The third-order valence-electron chi connectivity index (χ3n) is 2.95. The van der Waals surface area contributed by atoms with E-state index in [0.29, 0.717) is 0 Å². The van der Waals surface area contributed by atoms with Crippen LogP contribution in [0.2, 0.25) is 0 Å². The quantitative estimate of drug-likeness (QED) is 0.378. The van der Waals surface area contributed by atoms with E-state index >= 15 is 0 Å². The number of primary amides is 1. The van der Waals surface area contributed by atoms with Gasteiger partial charge in [0.25, 0.3) is 0 Å². The molecule has 0 bridgehead atoms. The standard InChI is InChI=1S/C15H20N4O5/c1-9(20)19-12(6-10-2-4-11(21)5-3-10)15(24)18-8-14(23)17-7-13(16)22/h2-5,12,21H,6-8H2,1H3,(H2,16,22)(H,17,23)(H,18,24)(H,19,20)/t12-/m0/s1. The molecule has 1 rings (SSSR count). The summed E-state index contributed by atoms with van der Waals surface area (Å²) in [6.07, 6.45) is 0.189. The molecule has 1 aromatic rings. The van der Waals surface area contributed by atoms with Crippen LogP contribution in [0.15, 0.2) is 24.3 Å². The number of benzene rings is 1. The van der Waals surface area contributed by atoms with Crippen molar-refractivity contribution in [1.82, 2.24) is 16.0 Å². The van der Waals surface area contributed by atoms with Crippen LogP contribution < -0.4 is 21.7 Å².